The minimum absolute atomic E-state index is 0.617. The van der Waals surface area contributed by atoms with E-state index in [2.05, 4.69) is 81.8 Å². The van der Waals surface area contributed by atoms with Crippen LogP contribution < -0.4 is 9.30 Å². The predicted octanol–water partition coefficient (Wildman–Crippen LogP) is 8.14. The number of nitrogens with zero attached hydrogens (tertiary/aromatic N) is 1. The summed E-state index contributed by atoms with van der Waals surface area (Å²) in [6, 6.07) is 16.4. The molecule has 6 rings (SSSR count). The summed E-state index contributed by atoms with van der Waals surface area (Å²) < 4.78 is 9.07. The smallest absolute Gasteiger partial charge is 0.256 e. The average molecular weight is 451 g/mol. The van der Waals surface area contributed by atoms with Crippen LogP contribution in [0.5, 0.6) is 11.5 Å². The van der Waals surface area contributed by atoms with E-state index >= 15 is 0 Å². The lowest BCUT2D eigenvalue weighted by molar-refractivity contribution is -0.633. The maximum Gasteiger partial charge on any atom is 0.256 e. The number of benzene rings is 3. The van der Waals surface area contributed by atoms with Crippen molar-refractivity contribution in [3.05, 3.63) is 64.7 Å². The van der Waals surface area contributed by atoms with Crippen LogP contribution in [0, 0.1) is 25.7 Å². The molecule has 1 fully saturated rings. The Morgan fingerprint density at radius 2 is 1.68 bits per heavy atom. The molecule has 0 amide bonds. The normalized spacial score (nSPS) is 15.4. The summed E-state index contributed by atoms with van der Waals surface area (Å²) in [6.45, 7) is 9.07. The quantitative estimate of drug-likeness (QED) is 0.252. The molecule has 3 aromatic carbocycles. The standard InChI is InChI=1S/C32H36NO/c1-19(2)12-24-16-26-13-20(3)21(4)30-31(26)28(17-24)34-29-18-25-15-23(14-22-8-6-7-9-22)10-11-27(25)33(5)32(29)30/h10-11,13,15-19,22H,6-9,12,14H2,1-5H3/q+1. The maximum atomic E-state index is 6.71. The molecule has 0 unspecified atom stereocenters. The number of aromatic nitrogens is 1. The molecule has 0 saturated heterocycles. The van der Waals surface area contributed by atoms with Crippen molar-refractivity contribution in [2.24, 2.45) is 18.9 Å². The second kappa shape index (κ2) is 8.12. The summed E-state index contributed by atoms with van der Waals surface area (Å²) >= 11 is 0. The third-order valence-corrected chi connectivity index (χ3v) is 8.19. The summed E-state index contributed by atoms with van der Waals surface area (Å²) in [5.74, 6) is 3.47. The summed E-state index contributed by atoms with van der Waals surface area (Å²) in [5.41, 5.74) is 9.32. The first-order chi connectivity index (χ1) is 16.4. The second-order valence-corrected chi connectivity index (χ2v) is 11.2. The fourth-order valence-corrected chi connectivity index (χ4v) is 6.45. The van der Waals surface area contributed by atoms with E-state index in [4.69, 9.17) is 4.74 Å². The van der Waals surface area contributed by atoms with Gasteiger partial charge in [-0.25, -0.2) is 0 Å². The molecule has 1 aliphatic heterocycles. The molecule has 0 bridgehead atoms. The van der Waals surface area contributed by atoms with Crippen LogP contribution in [0.2, 0.25) is 0 Å². The lowest BCUT2D eigenvalue weighted by Crippen LogP contribution is -2.33. The highest BCUT2D eigenvalue weighted by Crippen LogP contribution is 2.48. The van der Waals surface area contributed by atoms with Crippen LogP contribution in [0.1, 0.15) is 61.8 Å². The first-order valence-electron chi connectivity index (χ1n) is 13.1. The van der Waals surface area contributed by atoms with Crippen molar-refractivity contribution in [1.82, 2.24) is 0 Å². The zero-order chi connectivity index (χ0) is 23.6. The van der Waals surface area contributed by atoms with E-state index in [9.17, 15) is 0 Å². The SMILES string of the molecule is Cc1cc2cc(CC(C)C)cc3c2c(c1C)-c1c(cc2cc(CC4CCCC4)ccc2[n+]1C)O3. The number of hydrogen-bond donors (Lipinski definition) is 0. The summed E-state index contributed by atoms with van der Waals surface area (Å²) in [4.78, 5) is 0. The molecule has 0 atom stereocenters. The van der Waals surface area contributed by atoms with Gasteiger partial charge in [-0.2, -0.15) is 4.57 Å². The van der Waals surface area contributed by atoms with Gasteiger partial charge in [0.25, 0.3) is 5.69 Å². The maximum absolute atomic E-state index is 6.71. The molecule has 0 N–H and O–H groups in total. The molecule has 2 nitrogen and oxygen atoms in total. The molecular weight excluding hydrogens is 414 g/mol. The van der Waals surface area contributed by atoms with Crippen LogP contribution in [-0.2, 0) is 19.9 Å². The van der Waals surface area contributed by atoms with Gasteiger partial charge in [0.05, 0.1) is 10.9 Å². The monoisotopic (exact) mass is 450 g/mol. The summed E-state index contributed by atoms with van der Waals surface area (Å²) in [7, 11) is 2.20. The van der Waals surface area contributed by atoms with Gasteiger partial charge in [0.1, 0.15) is 12.8 Å². The Morgan fingerprint density at radius 3 is 2.44 bits per heavy atom. The molecule has 0 radical (unpaired) electrons. The second-order valence-electron chi connectivity index (χ2n) is 11.2. The van der Waals surface area contributed by atoms with Crippen LogP contribution in [0.25, 0.3) is 32.9 Å². The molecule has 0 spiro atoms. The van der Waals surface area contributed by atoms with E-state index in [0.29, 0.717) is 5.92 Å². The van der Waals surface area contributed by atoms with Gasteiger partial charge >= 0.3 is 0 Å². The Labute approximate surface area is 203 Å². The zero-order valence-corrected chi connectivity index (χ0v) is 21.3. The van der Waals surface area contributed by atoms with Gasteiger partial charge in [-0.3, -0.25) is 0 Å². The molecule has 4 aromatic rings. The predicted molar refractivity (Wildman–Crippen MR) is 142 cm³/mol. The van der Waals surface area contributed by atoms with Gasteiger partial charge in [-0.05, 0) is 78.3 Å². The van der Waals surface area contributed by atoms with Crippen LogP contribution in [0.3, 0.4) is 0 Å². The van der Waals surface area contributed by atoms with Crippen molar-refractivity contribution in [3.8, 4) is 22.8 Å². The Bertz CT molecular complexity index is 1440. The third kappa shape index (κ3) is 3.50. The van der Waals surface area contributed by atoms with Crippen molar-refractivity contribution >= 4 is 21.7 Å². The third-order valence-electron chi connectivity index (χ3n) is 8.19. The highest BCUT2D eigenvalue weighted by Gasteiger charge is 2.32. The van der Waals surface area contributed by atoms with Gasteiger partial charge in [0.15, 0.2) is 5.75 Å². The lowest BCUT2D eigenvalue weighted by atomic mass is 9.88. The molecule has 2 aliphatic rings. The van der Waals surface area contributed by atoms with Crippen molar-refractivity contribution < 1.29 is 9.30 Å². The number of aryl methyl sites for hydroxylation is 2. The minimum atomic E-state index is 0.617. The highest BCUT2D eigenvalue weighted by molar-refractivity contribution is 6.05. The molecule has 2 heteroatoms. The number of ether oxygens (including phenoxy) is 1. The largest absolute Gasteiger partial charge is 0.450 e. The average Bonchev–Trinajstić information content (AvgIpc) is 3.29. The van der Waals surface area contributed by atoms with Crippen molar-refractivity contribution in [2.45, 2.75) is 66.2 Å². The molecule has 2 heterocycles. The van der Waals surface area contributed by atoms with E-state index in [1.54, 1.807) is 0 Å². The van der Waals surface area contributed by atoms with Crippen molar-refractivity contribution in [3.63, 3.8) is 0 Å². The molecule has 1 aromatic heterocycles. The van der Waals surface area contributed by atoms with Crippen LogP contribution in [-0.4, -0.2) is 0 Å². The van der Waals surface area contributed by atoms with Crippen LogP contribution >= 0.6 is 0 Å². The molecule has 174 valence electrons. The van der Waals surface area contributed by atoms with E-state index in [-0.39, 0.29) is 0 Å². The first-order valence-corrected chi connectivity index (χ1v) is 13.1. The first kappa shape index (κ1) is 21.6. The Hall–Kier alpha value is -2.87. The number of pyridine rings is 1. The minimum Gasteiger partial charge on any atom is -0.450 e. The fraction of sp³-hybridized carbons (Fsp3) is 0.406. The highest BCUT2D eigenvalue weighted by atomic mass is 16.5. The Balaban J connectivity index is 1.55. The fourth-order valence-electron chi connectivity index (χ4n) is 6.45. The molecule has 1 aliphatic carbocycles. The number of hydrogen-bond acceptors (Lipinski definition) is 1. The molecule has 34 heavy (non-hydrogen) atoms. The van der Waals surface area contributed by atoms with E-state index < -0.39 is 0 Å². The van der Waals surface area contributed by atoms with Gasteiger partial charge in [-0.1, -0.05) is 57.7 Å². The number of fused-ring (bicyclic) bond motifs is 3. The van der Waals surface area contributed by atoms with Gasteiger partial charge in [-0.15, -0.1) is 0 Å². The number of rotatable bonds is 4. The summed E-state index contributed by atoms with van der Waals surface area (Å²) in [5, 5.41) is 3.83. The molecule has 1 saturated carbocycles. The van der Waals surface area contributed by atoms with Crippen LogP contribution in [0.15, 0.2) is 42.5 Å². The van der Waals surface area contributed by atoms with Crippen molar-refractivity contribution in [2.75, 3.05) is 0 Å². The molecular formula is C32H36NO+. The van der Waals surface area contributed by atoms with Crippen LogP contribution in [0.4, 0.5) is 0 Å². The van der Waals surface area contributed by atoms with Crippen molar-refractivity contribution in [1.29, 1.82) is 0 Å². The van der Waals surface area contributed by atoms with E-state index in [1.807, 2.05) is 0 Å². The summed E-state index contributed by atoms with van der Waals surface area (Å²) in [6.07, 6.45) is 7.84. The Morgan fingerprint density at radius 1 is 0.912 bits per heavy atom. The van der Waals surface area contributed by atoms with Gasteiger partial charge in [0.2, 0.25) is 5.52 Å². The Kier molecular flexibility index (Phi) is 5.17. The van der Waals surface area contributed by atoms with Gasteiger partial charge in [0, 0.05) is 17.5 Å². The zero-order valence-electron chi connectivity index (χ0n) is 21.3. The van der Waals surface area contributed by atoms with E-state index in [1.165, 1.54) is 87.3 Å². The van der Waals surface area contributed by atoms with E-state index in [0.717, 1.165) is 23.8 Å². The lowest BCUT2D eigenvalue weighted by Gasteiger charge is -2.23. The topological polar surface area (TPSA) is 13.1 Å². The van der Waals surface area contributed by atoms with Gasteiger partial charge < -0.3 is 4.74 Å².